The van der Waals surface area contributed by atoms with E-state index in [-0.39, 0.29) is 29.8 Å². The second-order valence-corrected chi connectivity index (χ2v) is 9.62. The minimum Gasteiger partial charge on any atom is -0.480 e. The summed E-state index contributed by atoms with van der Waals surface area (Å²) in [5, 5.41) is 9.29. The van der Waals surface area contributed by atoms with E-state index in [4.69, 9.17) is 0 Å². The third-order valence-electron chi connectivity index (χ3n) is 5.61. The fraction of sp³-hybridized carbons (Fsp3) is 0.579. The number of benzene rings is 1. The Hall–Kier alpha value is -1.93. The zero-order valence-corrected chi connectivity index (χ0v) is 17.3. The number of carbonyl (C=O) groups excluding carboxylic acids is 1. The van der Waals surface area contributed by atoms with Crippen LogP contribution in [0.4, 0.5) is 0 Å². The first kappa shape index (κ1) is 21.4. The van der Waals surface area contributed by atoms with Crippen LogP contribution in [0.1, 0.15) is 37.8 Å². The van der Waals surface area contributed by atoms with Crippen LogP contribution in [0.2, 0.25) is 0 Å². The topological polar surface area (TPSA) is 95.0 Å². The van der Waals surface area contributed by atoms with Crippen molar-refractivity contribution in [1.29, 1.82) is 0 Å². The van der Waals surface area contributed by atoms with Crippen LogP contribution in [0.15, 0.2) is 23.1 Å². The fourth-order valence-corrected chi connectivity index (χ4v) is 4.61. The maximum absolute atomic E-state index is 12.9. The van der Waals surface area contributed by atoms with E-state index in [0.717, 1.165) is 11.1 Å². The third-order valence-corrected chi connectivity index (χ3v) is 7.51. The summed E-state index contributed by atoms with van der Waals surface area (Å²) < 4.78 is 27.1. The second kappa shape index (κ2) is 7.59. The highest BCUT2D eigenvalue weighted by Crippen LogP contribution is 2.27. The molecular weight excluding hydrogens is 368 g/mol. The Bertz CT molecular complexity index is 840. The summed E-state index contributed by atoms with van der Waals surface area (Å²) in [5.74, 6) is -1.71. The van der Waals surface area contributed by atoms with Crippen molar-refractivity contribution in [1.82, 2.24) is 9.21 Å². The molecule has 1 aromatic rings. The van der Waals surface area contributed by atoms with Crippen LogP contribution in [0, 0.1) is 19.8 Å². The lowest BCUT2D eigenvalue weighted by Crippen LogP contribution is -2.54. The predicted molar refractivity (Wildman–Crippen MR) is 102 cm³/mol. The Balaban J connectivity index is 2.09. The number of rotatable bonds is 5. The minimum atomic E-state index is -3.60. The van der Waals surface area contributed by atoms with Crippen LogP contribution < -0.4 is 0 Å². The zero-order chi connectivity index (χ0) is 20.6. The number of aryl methyl sites for hydroxylation is 2. The van der Waals surface area contributed by atoms with Crippen molar-refractivity contribution < 1.29 is 23.1 Å². The first-order valence-corrected chi connectivity index (χ1v) is 10.4. The number of piperidine rings is 1. The first-order chi connectivity index (χ1) is 12.4. The quantitative estimate of drug-likeness (QED) is 0.822. The normalized spacial score (nSPS) is 16.9. The number of carboxylic acids is 1. The summed E-state index contributed by atoms with van der Waals surface area (Å²) in [6.45, 7) is 7.25. The van der Waals surface area contributed by atoms with Gasteiger partial charge in [0.15, 0.2) is 0 Å². The van der Waals surface area contributed by atoms with Crippen LogP contribution in [-0.4, -0.2) is 60.3 Å². The maximum atomic E-state index is 12.9. The Kier molecular flexibility index (Phi) is 6.01. The number of aliphatic carboxylic acids is 1. The van der Waals surface area contributed by atoms with E-state index < -0.39 is 21.5 Å². The largest absolute Gasteiger partial charge is 0.480 e. The second-order valence-electron chi connectivity index (χ2n) is 7.69. The van der Waals surface area contributed by atoms with Gasteiger partial charge in [-0.1, -0.05) is 6.07 Å². The molecular formula is C19H28N2O5S. The molecule has 0 atom stereocenters. The average Bonchev–Trinajstić information content (AvgIpc) is 2.62. The molecule has 1 fully saturated rings. The summed E-state index contributed by atoms with van der Waals surface area (Å²) >= 11 is 0. The standard InChI is InChI=1S/C19H28N2O5S/c1-13-6-7-16(12-14(13)2)27(25,26)21-10-8-15(9-11-21)17(22)20(5)19(3,4)18(23)24/h6-7,12,15H,8-11H2,1-5H3,(H,23,24). The van der Waals surface area contributed by atoms with Crippen molar-refractivity contribution in [3.63, 3.8) is 0 Å². The zero-order valence-electron chi connectivity index (χ0n) is 16.5. The molecule has 0 radical (unpaired) electrons. The van der Waals surface area contributed by atoms with Gasteiger partial charge in [0.25, 0.3) is 0 Å². The number of carbonyl (C=O) groups is 2. The van der Waals surface area contributed by atoms with Crippen molar-refractivity contribution in [2.75, 3.05) is 20.1 Å². The number of hydrogen-bond acceptors (Lipinski definition) is 4. The van der Waals surface area contributed by atoms with Gasteiger partial charge in [0, 0.05) is 26.1 Å². The number of carboxylic acid groups (broad SMARTS) is 1. The van der Waals surface area contributed by atoms with Crippen molar-refractivity contribution in [3.8, 4) is 0 Å². The number of likely N-dealkylation sites (N-methyl/N-ethyl adjacent to an activating group) is 1. The van der Waals surface area contributed by atoms with Gasteiger partial charge in [0.2, 0.25) is 15.9 Å². The molecule has 7 nitrogen and oxygen atoms in total. The van der Waals surface area contributed by atoms with Crippen LogP contribution in [0.5, 0.6) is 0 Å². The Morgan fingerprint density at radius 1 is 1.15 bits per heavy atom. The molecule has 1 heterocycles. The molecule has 8 heteroatoms. The summed E-state index contributed by atoms with van der Waals surface area (Å²) in [5.41, 5.74) is 0.640. The number of amides is 1. The Morgan fingerprint density at radius 2 is 1.70 bits per heavy atom. The lowest BCUT2D eigenvalue weighted by atomic mass is 9.94. The third kappa shape index (κ3) is 4.16. The molecule has 1 amide bonds. The van der Waals surface area contributed by atoms with Gasteiger partial charge >= 0.3 is 5.97 Å². The summed E-state index contributed by atoms with van der Waals surface area (Å²) in [6.07, 6.45) is 0.756. The molecule has 0 bridgehead atoms. The molecule has 1 aromatic carbocycles. The number of hydrogen-bond donors (Lipinski definition) is 1. The van der Waals surface area contributed by atoms with E-state index in [9.17, 15) is 23.1 Å². The van der Waals surface area contributed by atoms with E-state index in [1.165, 1.54) is 30.1 Å². The van der Waals surface area contributed by atoms with Gasteiger partial charge in [0.1, 0.15) is 5.54 Å². The summed E-state index contributed by atoms with van der Waals surface area (Å²) in [7, 11) is -2.12. The lowest BCUT2D eigenvalue weighted by molar-refractivity contribution is -0.157. The molecule has 1 saturated heterocycles. The lowest BCUT2D eigenvalue weighted by Gasteiger charge is -2.37. The number of nitrogens with zero attached hydrogens (tertiary/aromatic N) is 2. The molecule has 0 spiro atoms. The number of sulfonamides is 1. The van der Waals surface area contributed by atoms with Crippen molar-refractivity contribution in [3.05, 3.63) is 29.3 Å². The van der Waals surface area contributed by atoms with Crippen LogP contribution in [0.3, 0.4) is 0 Å². The SMILES string of the molecule is Cc1ccc(S(=O)(=O)N2CCC(C(=O)N(C)C(C)(C)C(=O)O)CC2)cc1C. The smallest absolute Gasteiger partial charge is 0.329 e. The fourth-order valence-electron chi connectivity index (χ4n) is 3.06. The van der Waals surface area contributed by atoms with Gasteiger partial charge in [-0.25, -0.2) is 13.2 Å². The van der Waals surface area contributed by atoms with Crippen molar-refractivity contribution >= 4 is 21.9 Å². The molecule has 0 aromatic heterocycles. The molecule has 1 N–H and O–H groups in total. The summed E-state index contributed by atoms with van der Waals surface area (Å²) in [6, 6.07) is 5.07. The molecule has 150 valence electrons. The van der Waals surface area contributed by atoms with Gasteiger partial charge < -0.3 is 10.0 Å². The molecule has 2 rings (SSSR count). The Labute approximate surface area is 161 Å². The van der Waals surface area contributed by atoms with E-state index in [2.05, 4.69) is 0 Å². The molecule has 27 heavy (non-hydrogen) atoms. The summed E-state index contributed by atoms with van der Waals surface area (Å²) in [4.78, 5) is 25.5. The monoisotopic (exact) mass is 396 g/mol. The highest BCUT2D eigenvalue weighted by atomic mass is 32.2. The molecule has 1 aliphatic heterocycles. The molecule has 0 aliphatic carbocycles. The highest BCUT2D eigenvalue weighted by Gasteiger charge is 2.40. The van der Waals surface area contributed by atoms with E-state index >= 15 is 0 Å². The van der Waals surface area contributed by atoms with Crippen LogP contribution >= 0.6 is 0 Å². The van der Waals surface area contributed by atoms with E-state index in [0.29, 0.717) is 12.8 Å². The molecule has 1 aliphatic rings. The van der Waals surface area contributed by atoms with Gasteiger partial charge in [-0.2, -0.15) is 4.31 Å². The van der Waals surface area contributed by atoms with E-state index in [1.54, 1.807) is 18.2 Å². The maximum Gasteiger partial charge on any atom is 0.329 e. The van der Waals surface area contributed by atoms with Gasteiger partial charge in [0.05, 0.1) is 4.90 Å². The van der Waals surface area contributed by atoms with Gasteiger partial charge in [-0.15, -0.1) is 0 Å². The minimum absolute atomic E-state index is 0.243. The van der Waals surface area contributed by atoms with Crippen molar-refractivity contribution in [2.45, 2.75) is 51.0 Å². The van der Waals surface area contributed by atoms with E-state index in [1.807, 2.05) is 13.8 Å². The highest BCUT2D eigenvalue weighted by molar-refractivity contribution is 7.89. The Morgan fingerprint density at radius 3 is 2.19 bits per heavy atom. The van der Waals surface area contributed by atoms with Crippen molar-refractivity contribution in [2.24, 2.45) is 5.92 Å². The molecule has 0 unspecified atom stereocenters. The first-order valence-electron chi connectivity index (χ1n) is 8.97. The molecule has 0 saturated carbocycles. The van der Waals surface area contributed by atoms with Gasteiger partial charge in [-0.3, -0.25) is 4.79 Å². The average molecular weight is 397 g/mol. The van der Waals surface area contributed by atoms with Crippen LogP contribution in [-0.2, 0) is 19.6 Å². The van der Waals surface area contributed by atoms with Crippen LogP contribution in [0.25, 0.3) is 0 Å². The predicted octanol–water partition coefficient (Wildman–Crippen LogP) is 2.03. The van der Waals surface area contributed by atoms with Gasteiger partial charge in [-0.05, 0) is 63.8 Å².